The van der Waals surface area contributed by atoms with E-state index in [4.69, 9.17) is 37.0 Å². The fourth-order valence-corrected chi connectivity index (χ4v) is 14.1. The van der Waals surface area contributed by atoms with Crippen LogP contribution < -0.4 is 0 Å². The number of phosphoric acid groups is 2. The van der Waals surface area contributed by atoms with Crippen molar-refractivity contribution in [1.82, 2.24) is 0 Å². The molecule has 0 spiro atoms. The molecular formula is C82H160O17P2. The first-order valence-electron chi connectivity index (χ1n) is 42.3. The minimum absolute atomic E-state index is 0.105. The minimum atomic E-state index is -4.96. The van der Waals surface area contributed by atoms with E-state index in [0.29, 0.717) is 31.6 Å². The number of unbranched alkanes of at least 4 members (excludes halogenated alkanes) is 43. The zero-order valence-corrected chi connectivity index (χ0v) is 68.3. The highest BCUT2D eigenvalue weighted by molar-refractivity contribution is 7.47. The molecule has 0 aliphatic rings. The topological polar surface area (TPSA) is 237 Å². The molecule has 17 nitrogen and oxygen atoms in total. The molecule has 19 heteroatoms. The molecule has 0 amide bonds. The molecule has 7 atom stereocenters. The Balaban J connectivity index is 5.20. The Hall–Kier alpha value is -1.94. The highest BCUT2D eigenvalue weighted by atomic mass is 31.2. The average Bonchev–Trinajstić information content (AvgIpc) is 0.926. The minimum Gasteiger partial charge on any atom is -0.462 e. The van der Waals surface area contributed by atoms with Gasteiger partial charge in [-0.25, -0.2) is 9.13 Å². The van der Waals surface area contributed by atoms with E-state index in [-0.39, 0.29) is 25.7 Å². The number of ether oxygens (including phenoxy) is 4. The molecule has 0 heterocycles. The highest BCUT2D eigenvalue weighted by Gasteiger charge is 2.30. The van der Waals surface area contributed by atoms with Gasteiger partial charge in [0.1, 0.15) is 19.3 Å². The van der Waals surface area contributed by atoms with E-state index in [1.54, 1.807) is 0 Å². The molecule has 0 aliphatic heterocycles. The van der Waals surface area contributed by atoms with Crippen LogP contribution in [-0.4, -0.2) is 96.7 Å². The molecule has 0 radical (unpaired) electrons. The molecule has 0 aliphatic carbocycles. The highest BCUT2D eigenvalue weighted by Crippen LogP contribution is 2.45. The molecule has 0 rings (SSSR count). The zero-order valence-electron chi connectivity index (χ0n) is 66.5. The van der Waals surface area contributed by atoms with Crippen molar-refractivity contribution >= 4 is 39.5 Å². The predicted octanol–water partition coefficient (Wildman–Crippen LogP) is 24.4. The summed E-state index contributed by atoms with van der Waals surface area (Å²) in [5, 5.41) is 10.6. The summed E-state index contributed by atoms with van der Waals surface area (Å²) >= 11 is 0. The second-order valence-electron chi connectivity index (χ2n) is 31.0. The SMILES string of the molecule is CCC(C)CCCCCCCCCCCCCCCCCCCCC(=O)OC[C@H](COP(=O)(O)OC[C@@H](O)COP(=O)(O)OC[C@@H](COC(=O)CCCCCCCCC(C)C)OC(=O)CCCCCCCCCCCCC(C)CC)OC(=O)CCCCCCCCCCCCCCCC(C)C. The van der Waals surface area contributed by atoms with Gasteiger partial charge in [0, 0.05) is 25.7 Å². The lowest BCUT2D eigenvalue weighted by Crippen LogP contribution is -2.30. The monoisotopic (exact) mass is 1480 g/mol. The summed E-state index contributed by atoms with van der Waals surface area (Å²) in [5.74, 6) is 1.03. The number of aliphatic hydroxyl groups is 1. The van der Waals surface area contributed by atoms with E-state index in [1.165, 1.54) is 218 Å². The molecule has 0 aromatic carbocycles. The Bertz CT molecular complexity index is 1980. The lowest BCUT2D eigenvalue weighted by atomic mass is 9.99. The van der Waals surface area contributed by atoms with Crippen molar-refractivity contribution in [3.05, 3.63) is 0 Å². The summed E-state index contributed by atoms with van der Waals surface area (Å²) in [6.07, 6.45) is 58.4. The largest absolute Gasteiger partial charge is 0.472 e. The molecule has 3 N–H and O–H groups in total. The summed E-state index contributed by atoms with van der Waals surface area (Å²) in [7, 11) is -9.92. The third kappa shape index (κ3) is 73.4. The van der Waals surface area contributed by atoms with Crippen molar-refractivity contribution in [2.75, 3.05) is 39.6 Å². The first-order valence-corrected chi connectivity index (χ1v) is 45.3. The predicted molar refractivity (Wildman–Crippen MR) is 414 cm³/mol. The maximum Gasteiger partial charge on any atom is 0.472 e. The molecule has 0 bridgehead atoms. The smallest absolute Gasteiger partial charge is 0.462 e. The number of phosphoric ester groups is 2. The van der Waals surface area contributed by atoms with E-state index in [1.807, 2.05) is 0 Å². The number of hydrogen-bond acceptors (Lipinski definition) is 15. The molecule has 0 aromatic heterocycles. The summed E-state index contributed by atoms with van der Waals surface area (Å²) in [6, 6.07) is 0. The number of esters is 4. The third-order valence-corrected chi connectivity index (χ3v) is 21.7. The third-order valence-electron chi connectivity index (χ3n) is 19.8. The molecule has 0 fully saturated rings. The van der Waals surface area contributed by atoms with Gasteiger partial charge in [-0.2, -0.15) is 0 Å². The number of hydrogen-bond donors (Lipinski definition) is 3. The van der Waals surface area contributed by atoms with Crippen molar-refractivity contribution in [1.29, 1.82) is 0 Å². The van der Waals surface area contributed by atoms with Gasteiger partial charge in [0.15, 0.2) is 12.2 Å². The van der Waals surface area contributed by atoms with Gasteiger partial charge < -0.3 is 33.8 Å². The number of carbonyl (C=O) groups is 4. The zero-order chi connectivity index (χ0) is 74.6. The van der Waals surface area contributed by atoms with Crippen LogP contribution in [-0.2, 0) is 65.4 Å². The van der Waals surface area contributed by atoms with Gasteiger partial charge in [0.05, 0.1) is 26.4 Å². The lowest BCUT2D eigenvalue weighted by molar-refractivity contribution is -0.161. The fourth-order valence-electron chi connectivity index (χ4n) is 12.5. The quantitative estimate of drug-likeness (QED) is 0.0222. The standard InChI is InChI=1S/C82H160O17P2/c1-9-74(7)60-52-44-35-29-23-19-15-13-11-12-14-16-20-24-31-37-46-54-62-79(84)92-68-77(98-81(86)64-56-48-38-32-25-21-17-18-22-28-34-42-50-58-72(3)4)70-96-100(88,89)94-66-76(83)67-95-101(90,91)97-71-78(69-93-80(85)63-55-47-41-40-43-51-59-73(5)6)99-82(87)65-57-49-39-33-27-26-30-36-45-53-61-75(8)10-2/h72-78,83H,9-71H2,1-8H3,(H,88,89)(H,90,91)/t74?,75?,76-,77-,78-/m1/s1. The van der Waals surface area contributed by atoms with E-state index in [0.717, 1.165) is 114 Å². The van der Waals surface area contributed by atoms with Crippen LogP contribution in [0.25, 0.3) is 0 Å². The van der Waals surface area contributed by atoms with Crippen LogP contribution in [0.3, 0.4) is 0 Å². The summed E-state index contributed by atoms with van der Waals surface area (Å²) in [5.41, 5.74) is 0. The van der Waals surface area contributed by atoms with E-state index in [9.17, 15) is 43.2 Å². The van der Waals surface area contributed by atoms with Crippen LogP contribution in [0, 0.1) is 23.7 Å². The van der Waals surface area contributed by atoms with E-state index < -0.39 is 97.5 Å². The second kappa shape index (κ2) is 71.0. The Morgan fingerprint density at radius 3 is 0.703 bits per heavy atom. The molecule has 0 aromatic rings. The second-order valence-corrected chi connectivity index (χ2v) is 33.9. The van der Waals surface area contributed by atoms with Crippen molar-refractivity contribution < 1.29 is 80.2 Å². The summed E-state index contributed by atoms with van der Waals surface area (Å²) in [4.78, 5) is 73.0. The van der Waals surface area contributed by atoms with Crippen LogP contribution in [0.15, 0.2) is 0 Å². The van der Waals surface area contributed by atoms with Gasteiger partial charge in [-0.05, 0) is 49.4 Å². The van der Waals surface area contributed by atoms with Gasteiger partial charge in [-0.3, -0.25) is 37.3 Å². The van der Waals surface area contributed by atoms with Gasteiger partial charge in [0.25, 0.3) is 0 Å². The first kappa shape index (κ1) is 99.1. The van der Waals surface area contributed by atoms with Gasteiger partial charge in [-0.15, -0.1) is 0 Å². The van der Waals surface area contributed by atoms with Crippen LogP contribution in [0.2, 0.25) is 0 Å². The maximum atomic E-state index is 13.1. The molecule has 0 saturated carbocycles. The van der Waals surface area contributed by atoms with E-state index in [2.05, 4.69) is 55.4 Å². The van der Waals surface area contributed by atoms with Gasteiger partial charge in [-0.1, -0.05) is 370 Å². The Labute approximate surface area is 619 Å². The average molecular weight is 1480 g/mol. The van der Waals surface area contributed by atoms with Crippen molar-refractivity contribution in [2.24, 2.45) is 23.7 Å². The number of rotatable bonds is 79. The van der Waals surface area contributed by atoms with Gasteiger partial charge >= 0.3 is 39.5 Å². The van der Waals surface area contributed by atoms with Crippen LogP contribution in [0.4, 0.5) is 0 Å². The molecule has 600 valence electrons. The van der Waals surface area contributed by atoms with Gasteiger partial charge in [0.2, 0.25) is 0 Å². The number of carbonyl (C=O) groups excluding carboxylic acids is 4. The normalized spacial score (nSPS) is 14.5. The Morgan fingerprint density at radius 1 is 0.277 bits per heavy atom. The fraction of sp³-hybridized carbons (Fsp3) is 0.951. The number of aliphatic hydroxyl groups excluding tert-OH is 1. The Morgan fingerprint density at radius 2 is 0.475 bits per heavy atom. The van der Waals surface area contributed by atoms with Crippen molar-refractivity contribution in [3.63, 3.8) is 0 Å². The van der Waals surface area contributed by atoms with E-state index >= 15 is 0 Å². The molecule has 0 saturated heterocycles. The van der Waals surface area contributed by atoms with Crippen LogP contribution >= 0.6 is 15.6 Å². The lowest BCUT2D eigenvalue weighted by Gasteiger charge is -2.21. The Kier molecular flexibility index (Phi) is 69.6. The van der Waals surface area contributed by atoms with Crippen molar-refractivity contribution in [2.45, 2.75) is 440 Å². The summed E-state index contributed by atoms with van der Waals surface area (Å²) < 4.78 is 68.7. The van der Waals surface area contributed by atoms with Crippen LogP contribution in [0.5, 0.6) is 0 Å². The molecular weight excluding hydrogens is 1320 g/mol. The maximum absolute atomic E-state index is 13.1. The summed E-state index contributed by atoms with van der Waals surface area (Å²) in [6.45, 7) is 14.3. The molecule has 101 heavy (non-hydrogen) atoms. The molecule has 4 unspecified atom stereocenters. The first-order chi connectivity index (χ1) is 48.7. The van der Waals surface area contributed by atoms with Crippen molar-refractivity contribution in [3.8, 4) is 0 Å². The van der Waals surface area contributed by atoms with Crippen LogP contribution in [0.1, 0.15) is 421 Å².